The van der Waals surface area contributed by atoms with E-state index in [4.69, 9.17) is 54.4 Å². The van der Waals surface area contributed by atoms with E-state index in [-0.39, 0.29) is 17.9 Å². The molecular formula is C13H20Cl3NO4. The highest BCUT2D eigenvalue weighted by Crippen LogP contribution is 2.36. The molecule has 1 rings (SSSR count). The van der Waals surface area contributed by atoms with Crippen LogP contribution < -0.4 is 0 Å². The SMILES string of the molecule is CCC1O[C@@H](OC(=N)C(Cl)(Cl)Cl)C(OC(C)=O)[C@@H](C)[C@@H]1C. The zero-order valence-electron chi connectivity index (χ0n) is 12.4. The van der Waals surface area contributed by atoms with Crippen LogP contribution in [0.5, 0.6) is 0 Å². The molecule has 0 bridgehead atoms. The topological polar surface area (TPSA) is 68.6 Å². The van der Waals surface area contributed by atoms with Crippen LogP contribution >= 0.6 is 34.8 Å². The highest BCUT2D eigenvalue weighted by molar-refractivity contribution is 6.76. The van der Waals surface area contributed by atoms with E-state index in [9.17, 15) is 4.79 Å². The molecule has 1 N–H and O–H groups in total. The molecular weight excluding hydrogens is 341 g/mol. The first-order chi connectivity index (χ1) is 9.57. The van der Waals surface area contributed by atoms with Crippen molar-refractivity contribution in [3.63, 3.8) is 0 Å². The van der Waals surface area contributed by atoms with Crippen LogP contribution in [0.15, 0.2) is 0 Å². The molecule has 0 radical (unpaired) electrons. The van der Waals surface area contributed by atoms with Gasteiger partial charge in [0.15, 0.2) is 6.10 Å². The number of ether oxygens (including phenoxy) is 3. The minimum absolute atomic E-state index is 0.0132. The molecule has 0 aromatic heterocycles. The van der Waals surface area contributed by atoms with Crippen LogP contribution in [-0.4, -0.2) is 34.2 Å². The van der Waals surface area contributed by atoms with Crippen molar-refractivity contribution in [1.82, 2.24) is 0 Å². The van der Waals surface area contributed by atoms with E-state index in [1.807, 2.05) is 20.8 Å². The molecule has 1 fully saturated rings. The quantitative estimate of drug-likeness (QED) is 0.361. The summed E-state index contributed by atoms with van der Waals surface area (Å²) >= 11 is 16.8. The van der Waals surface area contributed by atoms with Crippen molar-refractivity contribution in [2.45, 2.75) is 56.4 Å². The lowest BCUT2D eigenvalue weighted by molar-refractivity contribution is -0.251. The molecule has 21 heavy (non-hydrogen) atoms. The van der Waals surface area contributed by atoms with Crippen LogP contribution in [-0.2, 0) is 19.0 Å². The zero-order chi connectivity index (χ0) is 16.4. The Labute approximate surface area is 139 Å². The Bertz CT molecular complexity index is 399. The first kappa shape index (κ1) is 18.8. The first-order valence-electron chi connectivity index (χ1n) is 6.73. The molecule has 5 nitrogen and oxygen atoms in total. The fourth-order valence-electron chi connectivity index (χ4n) is 2.36. The molecule has 0 aromatic carbocycles. The summed E-state index contributed by atoms with van der Waals surface area (Å²) in [5, 5.41) is 7.65. The molecule has 122 valence electrons. The molecule has 2 unspecified atom stereocenters. The number of nitrogens with one attached hydrogen (secondary N) is 1. The summed E-state index contributed by atoms with van der Waals surface area (Å²) in [5.41, 5.74) is 0. The summed E-state index contributed by atoms with van der Waals surface area (Å²) in [6, 6.07) is 0. The van der Waals surface area contributed by atoms with Gasteiger partial charge in [-0.2, -0.15) is 0 Å². The maximum Gasteiger partial charge on any atom is 0.303 e. The van der Waals surface area contributed by atoms with Crippen LogP contribution in [0.2, 0.25) is 0 Å². The van der Waals surface area contributed by atoms with Crippen molar-refractivity contribution >= 4 is 46.7 Å². The predicted molar refractivity (Wildman–Crippen MR) is 81.9 cm³/mol. The Hall–Kier alpha value is -0.230. The van der Waals surface area contributed by atoms with E-state index >= 15 is 0 Å². The molecule has 1 aliphatic heterocycles. The monoisotopic (exact) mass is 359 g/mol. The molecule has 1 aliphatic rings. The van der Waals surface area contributed by atoms with E-state index in [0.29, 0.717) is 0 Å². The van der Waals surface area contributed by atoms with Gasteiger partial charge in [-0.3, -0.25) is 10.2 Å². The zero-order valence-corrected chi connectivity index (χ0v) is 14.6. The van der Waals surface area contributed by atoms with E-state index < -0.39 is 28.1 Å². The molecule has 8 heteroatoms. The van der Waals surface area contributed by atoms with Crippen molar-refractivity contribution in [2.75, 3.05) is 0 Å². The van der Waals surface area contributed by atoms with Crippen LogP contribution in [0, 0.1) is 17.2 Å². The normalized spacial score (nSPS) is 33.4. The average molecular weight is 361 g/mol. The molecule has 0 saturated carbocycles. The maximum atomic E-state index is 11.3. The summed E-state index contributed by atoms with van der Waals surface area (Å²) < 4.78 is 14.4. The summed E-state index contributed by atoms with van der Waals surface area (Å²) in [6.07, 6.45) is -0.944. The molecule has 1 heterocycles. The number of hydrogen-bond donors (Lipinski definition) is 1. The van der Waals surface area contributed by atoms with Gasteiger partial charge in [0.05, 0.1) is 6.10 Å². The van der Waals surface area contributed by atoms with Crippen molar-refractivity contribution < 1.29 is 19.0 Å². The Balaban J connectivity index is 2.93. The largest absolute Gasteiger partial charge is 0.456 e. The molecule has 0 aliphatic carbocycles. The first-order valence-corrected chi connectivity index (χ1v) is 7.86. The number of esters is 1. The van der Waals surface area contributed by atoms with Crippen LogP contribution in [0.4, 0.5) is 0 Å². The number of rotatable bonds is 3. The van der Waals surface area contributed by atoms with E-state index in [0.717, 1.165) is 6.42 Å². The van der Waals surface area contributed by atoms with Gasteiger partial charge in [-0.15, -0.1) is 0 Å². The van der Waals surface area contributed by atoms with Gasteiger partial charge in [-0.1, -0.05) is 55.6 Å². The lowest BCUT2D eigenvalue weighted by Crippen LogP contribution is -2.53. The number of hydrogen-bond acceptors (Lipinski definition) is 5. The van der Waals surface area contributed by atoms with E-state index in [1.54, 1.807) is 0 Å². The van der Waals surface area contributed by atoms with Gasteiger partial charge in [-0.05, 0) is 12.3 Å². The van der Waals surface area contributed by atoms with E-state index in [2.05, 4.69) is 0 Å². The molecule has 0 amide bonds. The van der Waals surface area contributed by atoms with Gasteiger partial charge in [0.2, 0.25) is 12.2 Å². The average Bonchev–Trinajstić information content (AvgIpc) is 2.36. The second-order valence-electron chi connectivity index (χ2n) is 5.19. The Kier molecular flexibility index (Phi) is 6.59. The fourth-order valence-corrected chi connectivity index (χ4v) is 2.49. The third-order valence-corrected chi connectivity index (χ3v) is 4.22. The maximum absolute atomic E-state index is 11.3. The Morgan fingerprint density at radius 2 is 1.81 bits per heavy atom. The standard InChI is InChI=1S/C13H20Cl3NO4/c1-5-9-6(2)7(3)10(19-8(4)18)11(20-9)21-12(17)13(14,15)16/h6-7,9-11,17H,5H2,1-4H3/t6-,7-,9?,10?,11-/m0/s1. The minimum Gasteiger partial charge on any atom is -0.456 e. The molecule has 0 aromatic rings. The van der Waals surface area contributed by atoms with E-state index in [1.165, 1.54) is 6.92 Å². The number of carbonyl (C=O) groups excluding carboxylic acids is 1. The lowest BCUT2D eigenvalue weighted by atomic mass is 9.82. The highest BCUT2D eigenvalue weighted by Gasteiger charge is 2.46. The van der Waals surface area contributed by atoms with Crippen molar-refractivity contribution in [3.8, 4) is 0 Å². The van der Waals surface area contributed by atoms with Crippen LogP contribution in [0.3, 0.4) is 0 Å². The third kappa shape index (κ3) is 4.88. The minimum atomic E-state index is -1.99. The van der Waals surface area contributed by atoms with Crippen LogP contribution in [0.1, 0.15) is 34.1 Å². The summed E-state index contributed by atoms with van der Waals surface area (Å²) in [4.78, 5) is 11.3. The van der Waals surface area contributed by atoms with Crippen molar-refractivity contribution in [1.29, 1.82) is 5.41 Å². The predicted octanol–water partition coefficient (Wildman–Crippen LogP) is 3.69. The lowest BCUT2D eigenvalue weighted by Gasteiger charge is -2.43. The Morgan fingerprint density at radius 3 is 2.24 bits per heavy atom. The second kappa shape index (κ2) is 7.36. The molecule has 0 spiro atoms. The number of alkyl halides is 3. The smallest absolute Gasteiger partial charge is 0.303 e. The van der Waals surface area contributed by atoms with Gasteiger partial charge in [-0.25, -0.2) is 0 Å². The summed E-state index contributed by atoms with van der Waals surface area (Å²) in [6.45, 7) is 7.25. The summed E-state index contributed by atoms with van der Waals surface area (Å²) in [7, 11) is 0. The van der Waals surface area contributed by atoms with Gasteiger partial charge in [0, 0.05) is 12.8 Å². The Morgan fingerprint density at radius 1 is 1.24 bits per heavy atom. The number of halogens is 3. The van der Waals surface area contributed by atoms with Crippen LogP contribution in [0.25, 0.3) is 0 Å². The molecule has 1 saturated heterocycles. The number of carbonyl (C=O) groups is 1. The third-order valence-electron chi connectivity index (χ3n) is 3.71. The van der Waals surface area contributed by atoms with Gasteiger partial charge >= 0.3 is 5.97 Å². The van der Waals surface area contributed by atoms with Gasteiger partial charge in [0.25, 0.3) is 3.79 Å². The van der Waals surface area contributed by atoms with Crippen molar-refractivity contribution in [2.24, 2.45) is 11.8 Å². The van der Waals surface area contributed by atoms with Gasteiger partial charge in [0.1, 0.15) is 0 Å². The fraction of sp³-hybridized carbons (Fsp3) is 0.846. The van der Waals surface area contributed by atoms with Gasteiger partial charge < -0.3 is 14.2 Å². The second-order valence-corrected chi connectivity index (χ2v) is 7.47. The van der Waals surface area contributed by atoms with Crippen molar-refractivity contribution in [3.05, 3.63) is 0 Å². The summed E-state index contributed by atoms with van der Waals surface area (Å²) in [5.74, 6) is -0.861. The highest BCUT2D eigenvalue weighted by atomic mass is 35.6. The molecule has 5 atom stereocenters.